The van der Waals surface area contributed by atoms with E-state index < -0.39 is 29.3 Å². The highest BCUT2D eigenvalue weighted by Gasteiger charge is 2.11. The molecular formula is C20H20ClN3O6. The lowest BCUT2D eigenvalue weighted by Gasteiger charge is -2.08. The number of nitro benzene ring substituents is 1. The van der Waals surface area contributed by atoms with Crippen LogP contribution in [0.15, 0.2) is 42.5 Å². The number of anilines is 2. The smallest absolute Gasteiger partial charge is 0.306 e. The number of aryl methyl sites for hydroxylation is 1. The number of carbonyl (C=O) groups is 3. The average Bonchev–Trinajstić information content (AvgIpc) is 2.69. The van der Waals surface area contributed by atoms with E-state index in [2.05, 4.69) is 10.6 Å². The lowest BCUT2D eigenvalue weighted by atomic mass is 10.2. The second-order valence-electron chi connectivity index (χ2n) is 6.38. The number of amides is 2. The molecule has 0 aliphatic rings. The fraction of sp³-hybridized carbons (Fsp3) is 0.250. The maximum absolute atomic E-state index is 11.9. The number of carbonyl (C=O) groups excluding carboxylic acids is 3. The van der Waals surface area contributed by atoms with Gasteiger partial charge in [0.1, 0.15) is 0 Å². The molecule has 0 heterocycles. The van der Waals surface area contributed by atoms with Gasteiger partial charge in [0.05, 0.1) is 4.92 Å². The fourth-order valence-corrected chi connectivity index (χ4v) is 2.58. The van der Waals surface area contributed by atoms with E-state index in [9.17, 15) is 24.5 Å². The van der Waals surface area contributed by atoms with Gasteiger partial charge in [-0.25, -0.2) is 0 Å². The summed E-state index contributed by atoms with van der Waals surface area (Å²) in [7, 11) is 0. The summed E-state index contributed by atoms with van der Waals surface area (Å²) in [5.41, 5.74) is 1.52. The molecule has 0 saturated carbocycles. The molecular weight excluding hydrogens is 414 g/mol. The summed E-state index contributed by atoms with van der Waals surface area (Å²) in [6.07, 6.45) is 0.173. The first-order valence-electron chi connectivity index (χ1n) is 9.00. The Morgan fingerprint density at radius 3 is 2.43 bits per heavy atom. The monoisotopic (exact) mass is 433 g/mol. The number of rotatable bonds is 9. The van der Waals surface area contributed by atoms with Crippen molar-refractivity contribution in [3.8, 4) is 0 Å². The molecule has 2 rings (SSSR count). The zero-order valence-electron chi connectivity index (χ0n) is 16.1. The highest BCUT2D eigenvalue weighted by Crippen LogP contribution is 2.20. The van der Waals surface area contributed by atoms with Crippen LogP contribution in [-0.4, -0.2) is 29.3 Å². The molecule has 0 bridgehead atoms. The summed E-state index contributed by atoms with van der Waals surface area (Å²) >= 11 is 5.98. The Kier molecular flexibility index (Phi) is 8.30. The van der Waals surface area contributed by atoms with E-state index in [0.717, 1.165) is 5.56 Å². The zero-order valence-corrected chi connectivity index (χ0v) is 16.9. The Bertz CT molecular complexity index is 963. The summed E-state index contributed by atoms with van der Waals surface area (Å²) in [5, 5.41) is 16.3. The highest BCUT2D eigenvalue weighted by molar-refractivity contribution is 6.31. The molecule has 0 radical (unpaired) electrons. The largest absolute Gasteiger partial charge is 0.456 e. The SMILES string of the molecule is Cc1ccc(NC(=O)COC(=O)CCCC(=O)Nc2cccc([N+](=O)[O-])c2)cc1Cl. The normalized spacial score (nSPS) is 10.2. The number of esters is 1. The highest BCUT2D eigenvalue weighted by atomic mass is 35.5. The Labute approximate surface area is 177 Å². The summed E-state index contributed by atoms with van der Waals surface area (Å²) in [4.78, 5) is 45.6. The van der Waals surface area contributed by atoms with Crippen LogP contribution in [0.25, 0.3) is 0 Å². The van der Waals surface area contributed by atoms with E-state index in [1.165, 1.54) is 24.3 Å². The van der Waals surface area contributed by atoms with Crippen LogP contribution in [-0.2, 0) is 19.1 Å². The van der Waals surface area contributed by atoms with Crippen molar-refractivity contribution in [2.24, 2.45) is 0 Å². The number of hydrogen-bond acceptors (Lipinski definition) is 6. The minimum absolute atomic E-state index is 0.0197. The predicted octanol–water partition coefficient (Wildman–Crippen LogP) is 3.85. The summed E-state index contributed by atoms with van der Waals surface area (Å²) < 4.78 is 4.88. The van der Waals surface area contributed by atoms with E-state index in [-0.39, 0.29) is 24.9 Å². The van der Waals surface area contributed by atoms with Crippen LogP contribution in [0.1, 0.15) is 24.8 Å². The molecule has 0 spiro atoms. The summed E-state index contributed by atoms with van der Waals surface area (Å²) in [6, 6.07) is 10.6. The number of nitrogens with zero attached hydrogens (tertiary/aromatic N) is 1. The maximum Gasteiger partial charge on any atom is 0.306 e. The first-order valence-corrected chi connectivity index (χ1v) is 9.38. The van der Waals surface area contributed by atoms with Gasteiger partial charge in [0, 0.05) is 41.4 Å². The number of benzene rings is 2. The van der Waals surface area contributed by atoms with Crippen LogP contribution in [0, 0.1) is 17.0 Å². The van der Waals surface area contributed by atoms with Crippen LogP contribution in [0.5, 0.6) is 0 Å². The number of nitro groups is 1. The van der Waals surface area contributed by atoms with Gasteiger partial charge in [-0.1, -0.05) is 23.7 Å². The van der Waals surface area contributed by atoms with Crippen molar-refractivity contribution >= 4 is 46.4 Å². The summed E-state index contributed by atoms with van der Waals surface area (Å²) in [6.45, 7) is 1.38. The number of non-ortho nitro benzene ring substituents is 1. The number of nitrogens with one attached hydrogen (secondary N) is 2. The van der Waals surface area contributed by atoms with E-state index >= 15 is 0 Å². The molecule has 2 aromatic carbocycles. The number of hydrogen-bond donors (Lipinski definition) is 2. The topological polar surface area (TPSA) is 128 Å². The van der Waals surface area contributed by atoms with Crippen LogP contribution in [0.2, 0.25) is 5.02 Å². The quantitative estimate of drug-likeness (QED) is 0.351. The second kappa shape index (κ2) is 10.9. The molecule has 2 N–H and O–H groups in total. The third-order valence-corrected chi connectivity index (χ3v) is 4.35. The molecule has 158 valence electrons. The summed E-state index contributed by atoms with van der Waals surface area (Å²) in [5.74, 6) is -1.51. The molecule has 0 unspecified atom stereocenters. The number of halogens is 1. The first kappa shape index (κ1) is 22.8. The van der Waals surface area contributed by atoms with Crippen LogP contribution < -0.4 is 10.6 Å². The van der Waals surface area contributed by atoms with Crippen molar-refractivity contribution < 1.29 is 24.0 Å². The van der Waals surface area contributed by atoms with E-state index in [1.54, 1.807) is 18.2 Å². The Morgan fingerprint density at radius 1 is 1.03 bits per heavy atom. The molecule has 9 nitrogen and oxygen atoms in total. The fourth-order valence-electron chi connectivity index (χ4n) is 2.40. The maximum atomic E-state index is 11.9. The molecule has 0 aliphatic heterocycles. The van der Waals surface area contributed by atoms with Gasteiger partial charge in [0.25, 0.3) is 11.6 Å². The molecule has 2 aromatic rings. The van der Waals surface area contributed by atoms with Gasteiger partial charge in [-0.05, 0) is 37.1 Å². The molecule has 2 amide bonds. The van der Waals surface area contributed by atoms with Gasteiger partial charge < -0.3 is 15.4 Å². The van der Waals surface area contributed by atoms with E-state index in [1.807, 2.05) is 6.92 Å². The zero-order chi connectivity index (χ0) is 22.1. The van der Waals surface area contributed by atoms with Gasteiger partial charge in [-0.15, -0.1) is 0 Å². The van der Waals surface area contributed by atoms with E-state index in [4.69, 9.17) is 16.3 Å². The van der Waals surface area contributed by atoms with Crippen molar-refractivity contribution in [2.75, 3.05) is 17.2 Å². The first-order chi connectivity index (χ1) is 14.2. The Balaban J connectivity index is 1.67. The van der Waals surface area contributed by atoms with E-state index in [0.29, 0.717) is 16.4 Å². The molecule has 30 heavy (non-hydrogen) atoms. The predicted molar refractivity (Wildman–Crippen MR) is 111 cm³/mol. The van der Waals surface area contributed by atoms with Crippen LogP contribution in [0.3, 0.4) is 0 Å². The van der Waals surface area contributed by atoms with Gasteiger partial charge >= 0.3 is 5.97 Å². The molecule has 0 aliphatic carbocycles. The third-order valence-electron chi connectivity index (χ3n) is 3.95. The van der Waals surface area contributed by atoms with Crippen molar-refractivity contribution in [3.63, 3.8) is 0 Å². The molecule has 0 saturated heterocycles. The van der Waals surface area contributed by atoms with Crippen molar-refractivity contribution in [1.29, 1.82) is 0 Å². The van der Waals surface area contributed by atoms with Gasteiger partial charge in [-0.3, -0.25) is 24.5 Å². The molecule has 0 fully saturated rings. The third kappa shape index (κ3) is 7.51. The van der Waals surface area contributed by atoms with Crippen molar-refractivity contribution in [3.05, 3.63) is 63.2 Å². The van der Waals surface area contributed by atoms with Gasteiger partial charge in [0.15, 0.2) is 6.61 Å². The Hall–Kier alpha value is -3.46. The van der Waals surface area contributed by atoms with Crippen molar-refractivity contribution in [1.82, 2.24) is 0 Å². The molecule has 10 heteroatoms. The average molecular weight is 434 g/mol. The lowest BCUT2D eigenvalue weighted by molar-refractivity contribution is -0.384. The van der Waals surface area contributed by atoms with Crippen LogP contribution >= 0.6 is 11.6 Å². The molecule has 0 aromatic heterocycles. The second-order valence-corrected chi connectivity index (χ2v) is 6.79. The van der Waals surface area contributed by atoms with Gasteiger partial charge in [-0.2, -0.15) is 0 Å². The standard InChI is InChI=1S/C20H20ClN3O6/c1-13-8-9-15(11-17(13)21)23-19(26)12-30-20(27)7-3-6-18(25)22-14-4-2-5-16(10-14)24(28)29/h2,4-5,8-11H,3,6-7,12H2,1H3,(H,22,25)(H,23,26). The lowest BCUT2D eigenvalue weighted by Crippen LogP contribution is -2.21. The van der Waals surface area contributed by atoms with Gasteiger partial charge in [0.2, 0.25) is 5.91 Å². The molecule has 0 atom stereocenters. The van der Waals surface area contributed by atoms with Crippen molar-refractivity contribution in [2.45, 2.75) is 26.2 Å². The number of ether oxygens (including phenoxy) is 1. The van der Waals surface area contributed by atoms with Crippen LogP contribution in [0.4, 0.5) is 17.1 Å². The Morgan fingerprint density at radius 2 is 1.73 bits per heavy atom. The minimum atomic E-state index is -0.616. The minimum Gasteiger partial charge on any atom is -0.456 e.